The van der Waals surface area contributed by atoms with Crippen LogP contribution in [0.3, 0.4) is 0 Å². The maximum Gasteiger partial charge on any atom is 0.118 e. The van der Waals surface area contributed by atoms with Gasteiger partial charge in [-0.2, -0.15) is 0 Å². The van der Waals surface area contributed by atoms with E-state index in [0.29, 0.717) is 5.75 Å². The third kappa shape index (κ3) is 6.17. The van der Waals surface area contributed by atoms with Crippen molar-refractivity contribution in [1.29, 1.82) is 0 Å². The smallest absolute Gasteiger partial charge is 0.118 e. The summed E-state index contributed by atoms with van der Waals surface area (Å²) >= 11 is 0. The Kier molecular flexibility index (Phi) is 9.42. The van der Waals surface area contributed by atoms with Gasteiger partial charge in [0.25, 0.3) is 0 Å². The van der Waals surface area contributed by atoms with Crippen molar-refractivity contribution in [2.24, 2.45) is 0 Å². The molecule has 0 saturated heterocycles. The molecule has 0 aliphatic rings. The number of phenolic OH excluding ortho intramolecular Hbond substituents is 1. The topological polar surface area (TPSA) is 20.2 Å². The molecule has 16 heavy (non-hydrogen) atoms. The molecule has 0 saturated carbocycles. The van der Waals surface area contributed by atoms with E-state index < -0.39 is 0 Å². The van der Waals surface area contributed by atoms with Crippen molar-refractivity contribution in [3.05, 3.63) is 29.8 Å². The fourth-order valence-corrected chi connectivity index (χ4v) is 1.82. The molecule has 0 aliphatic carbocycles. The summed E-state index contributed by atoms with van der Waals surface area (Å²) in [6, 6.07) is 7.65. The van der Waals surface area contributed by atoms with Gasteiger partial charge in [-0.25, -0.2) is 0 Å². The minimum Gasteiger partial charge on any atom is -0.508 e. The van der Waals surface area contributed by atoms with Crippen molar-refractivity contribution in [1.82, 2.24) is 0 Å². The van der Waals surface area contributed by atoms with E-state index in [1.165, 1.54) is 38.5 Å². The molecule has 0 fully saturated rings. The van der Waals surface area contributed by atoms with Crippen LogP contribution < -0.4 is 0 Å². The Morgan fingerprint density at radius 3 is 2.25 bits per heavy atom. The second-order valence-electron chi connectivity index (χ2n) is 4.15. The molecule has 0 unspecified atom stereocenters. The first-order valence-corrected chi connectivity index (χ1v) is 6.11. The van der Waals surface area contributed by atoms with Crippen LogP contribution in [0.1, 0.15) is 51.0 Å². The quantitative estimate of drug-likeness (QED) is 0.575. The number of aromatic hydroxyl groups is 1. The van der Waals surface area contributed by atoms with Crippen molar-refractivity contribution in [3.63, 3.8) is 0 Å². The summed E-state index contributed by atoms with van der Waals surface area (Å²) in [7, 11) is 0. The maximum atomic E-state index is 9.55. The van der Waals surface area contributed by atoms with Gasteiger partial charge in [-0.1, -0.05) is 57.2 Å². The van der Waals surface area contributed by atoms with Crippen molar-refractivity contribution in [2.45, 2.75) is 51.9 Å². The second-order valence-corrected chi connectivity index (χ2v) is 4.15. The standard InChI is InChI=1S/C14H22O.Ni/c1-2-3-4-5-6-7-10-13-11-8-9-12-14(13)15;/h8-9,11-12,15H,2-7,10H2,1H3;. The van der Waals surface area contributed by atoms with Gasteiger partial charge in [-0.3, -0.25) is 0 Å². The minimum atomic E-state index is 0. The Hall–Kier alpha value is -0.486. The molecule has 0 bridgehead atoms. The van der Waals surface area contributed by atoms with Crippen molar-refractivity contribution in [3.8, 4) is 5.75 Å². The van der Waals surface area contributed by atoms with Crippen molar-refractivity contribution in [2.75, 3.05) is 0 Å². The van der Waals surface area contributed by atoms with Gasteiger partial charge in [0.05, 0.1) is 0 Å². The van der Waals surface area contributed by atoms with Crippen LogP contribution in [0.5, 0.6) is 5.75 Å². The van der Waals surface area contributed by atoms with Gasteiger partial charge in [-0.15, -0.1) is 0 Å². The molecule has 1 aromatic carbocycles. The van der Waals surface area contributed by atoms with Crippen LogP contribution in [0.15, 0.2) is 24.3 Å². The number of phenols is 1. The van der Waals surface area contributed by atoms with Crippen LogP contribution in [0.2, 0.25) is 0 Å². The zero-order valence-corrected chi connectivity index (χ0v) is 11.0. The van der Waals surface area contributed by atoms with Crippen LogP contribution in [0.25, 0.3) is 0 Å². The molecule has 0 radical (unpaired) electrons. The second kappa shape index (κ2) is 9.72. The van der Waals surface area contributed by atoms with Crippen LogP contribution in [-0.2, 0) is 22.9 Å². The fraction of sp³-hybridized carbons (Fsp3) is 0.571. The molecule has 2 heteroatoms. The average molecular weight is 265 g/mol. The van der Waals surface area contributed by atoms with E-state index in [2.05, 4.69) is 6.92 Å². The summed E-state index contributed by atoms with van der Waals surface area (Å²) in [5, 5.41) is 9.55. The largest absolute Gasteiger partial charge is 0.508 e. The monoisotopic (exact) mass is 264 g/mol. The van der Waals surface area contributed by atoms with Crippen LogP contribution >= 0.6 is 0 Å². The SMILES string of the molecule is CCCCCCCCc1ccccc1O.[Ni]. The molecule has 1 nitrogen and oxygen atoms in total. The van der Waals surface area contributed by atoms with E-state index >= 15 is 0 Å². The third-order valence-corrected chi connectivity index (χ3v) is 2.79. The zero-order valence-electron chi connectivity index (χ0n) is 10.0. The number of para-hydroxylation sites is 1. The molecule has 0 atom stereocenters. The number of unbranched alkanes of at least 4 members (excludes halogenated alkanes) is 5. The Morgan fingerprint density at radius 1 is 0.938 bits per heavy atom. The average Bonchev–Trinajstić information content (AvgIpc) is 2.25. The first-order chi connectivity index (χ1) is 7.34. The normalized spacial score (nSPS) is 9.81. The summed E-state index contributed by atoms with van der Waals surface area (Å²) < 4.78 is 0. The molecule has 1 N–H and O–H groups in total. The van der Waals surface area contributed by atoms with Crippen LogP contribution in [-0.4, -0.2) is 5.11 Å². The van der Waals surface area contributed by atoms with Crippen molar-refractivity contribution >= 4 is 0 Å². The predicted molar refractivity (Wildman–Crippen MR) is 65.2 cm³/mol. The van der Waals surface area contributed by atoms with E-state index in [4.69, 9.17) is 0 Å². The molecular formula is C14H22NiO. The van der Waals surface area contributed by atoms with Crippen molar-refractivity contribution < 1.29 is 21.6 Å². The number of hydrogen-bond donors (Lipinski definition) is 1. The summed E-state index contributed by atoms with van der Waals surface area (Å²) in [6.45, 7) is 2.24. The first-order valence-electron chi connectivity index (χ1n) is 6.11. The molecule has 0 aromatic heterocycles. The summed E-state index contributed by atoms with van der Waals surface area (Å²) in [4.78, 5) is 0. The van der Waals surface area contributed by atoms with Gasteiger partial charge in [0, 0.05) is 16.5 Å². The summed E-state index contributed by atoms with van der Waals surface area (Å²) in [5.41, 5.74) is 1.09. The summed E-state index contributed by atoms with van der Waals surface area (Å²) in [6.07, 6.45) is 8.85. The molecular weight excluding hydrogens is 243 g/mol. The van der Waals surface area contributed by atoms with Gasteiger partial charge in [0.1, 0.15) is 5.75 Å². The molecule has 1 aromatic rings. The predicted octanol–water partition coefficient (Wildman–Crippen LogP) is 4.29. The van der Waals surface area contributed by atoms with Crippen LogP contribution in [0, 0.1) is 0 Å². The van der Waals surface area contributed by atoms with Crippen LogP contribution in [0.4, 0.5) is 0 Å². The van der Waals surface area contributed by atoms with E-state index in [-0.39, 0.29) is 16.5 Å². The Morgan fingerprint density at radius 2 is 1.56 bits per heavy atom. The summed E-state index contributed by atoms with van der Waals surface area (Å²) in [5.74, 6) is 0.450. The number of rotatable bonds is 7. The Labute approximate surface area is 109 Å². The maximum absolute atomic E-state index is 9.55. The third-order valence-electron chi connectivity index (χ3n) is 2.79. The van der Waals surface area contributed by atoms with E-state index in [0.717, 1.165) is 12.0 Å². The molecule has 94 valence electrons. The molecule has 0 spiro atoms. The Balaban J connectivity index is 0.00000225. The van der Waals surface area contributed by atoms with E-state index in [1.54, 1.807) is 6.07 Å². The number of aryl methyl sites for hydroxylation is 1. The molecule has 0 aliphatic heterocycles. The van der Waals surface area contributed by atoms with E-state index in [1.807, 2.05) is 18.2 Å². The van der Waals surface area contributed by atoms with Gasteiger partial charge >= 0.3 is 0 Å². The fourth-order valence-electron chi connectivity index (χ4n) is 1.82. The molecule has 1 rings (SSSR count). The van der Waals surface area contributed by atoms with E-state index in [9.17, 15) is 5.11 Å². The zero-order chi connectivity index (χ0) is 10.9. The Bertz CT molecular complexity index is 273. The molecule has 0 amide bonds. The number of hydrogen-bond acceptors (Lipinski definition) is 1. The van der Waals surface area contributed by atoms with Gasteiger partial charge in [0.15, 0.2) is 0 Å². The van der Waals surface area contributed by atoms with Gasteiger partial charge < -0.3 is 5.11 Å². The minimum absolute atomic E-state index is 0. The molecule has 0 heterocycles. The van der Waals surface area contributed by atoms with Gasteiger partial charge in [-0.05, 0) is 24.5 Å². The first kappa shape index (κ1) is 15.5. The van der Waals surface area contributed by atoms with Gasteiger partial charge in [0.2, 0.25) is 0 Å². The number of benzene rings is 1.